The van der Waals surface area contributed by atoms with E-state index in [-0.39, 0.29) is 35.1 Å². The van der Waals surface area contributed by atoms with Crippen LogP contribution in [0.1, 0.15) is 42.7 Å². The maximum atomic E-state index is 12.9. The number of hydrogen-bond acceptors (Lipinski definition) is 6. The summed E-state index contributed by atoms with van der Waals surface area (Å²) in [6.45, 7) is 2.66. The lowest BCUT2D eigenvalue weighted by Crippen LogP contribution is -2.52. The van der Waals surface area contributed by atoms with Gasteiger partial charge in [0.05, 0.1) is 18.2 Å². The molecule has 2 aromatic heterocycles. The molecule has 3 amide bonds. The van der Waals surface area contributed by atoms with E-state index in [0.717, 1.165) is 37.7 Å². The summed E-state index contributed by atoms with van der Waals surface area (Å²) in [6, 6.07) is 3.24. The summed E-state index contributed by atoms with van der Waals surface area (Å²) in [5, 5.41) is 6.98. The first-order valence-electron chi connectivity index (χ1n) is 11.4. The molecule has 1 aliphatic carbocycles. The predicted molar refractivity (Wildman–Crippen MR) is 116 cm³/mol. The highest BCUT2D eigenvalue weighted by Gasteiger charge is 2.55. The number of piperidine rings is 2. The van der Waals surface area contributed by atoms with Crippen molar-refractivity contribution in [3.8, 4) is 0 Å². The lowest BCUT2D eigenvalue weighted by molar-refractivity contribution is -0.138. The summed E-state index contributed by atoms with van der Waals surface area (Å²) in [6.07, 6.45) is 7.63. The van der Waals surface area contributed by atoms with Gasteiger partial charge in [-0.05, 0) is 55.6 Å². The lowest BCUT2D eigenvalue weighted by atomic mass is 9.88. The Morgan fingerprint density at radius 3 is 2.78 bits per heavy atom. The number of aromatic nitrogens is 1. The third-order valence-corrected chi connectivity index (χ3v) is 7.59. The maximum Gasteiger partial charge on any atom is 0.287 e. The molecule has 4 N–H and O–H groups in total. The lowest BCUT2D eigenvalue weighted by Gasteiger charge is -2.37. The van der Waals surface area contributed by atoms with Gasteiger partial charge >= 0.3 is 0 Å². The zero-order chi connectivity index (χ0) is 22.3. The second-order valence-corrected chi connectivity index (χ2v) is 9.46. The van der Waals surface area contributed by atoms with Gasteiger partial charge in [0.25, 0.3) is 5.91 Å². The van der Waals surface area contributed by atoms with Crippen LogP contribution in [0.15, 0.2) is 28.9 Å². The van der Waals surface area contributed by atoms with E-state index in [1.165, 1.54) is 0 Å². The summed E-state index contributed by atoms with van der Waals surface area (Å²) in [5.41, 5.74) is 6.19. The summed E-state index contributed by atoms with van der Waals surface area (Å²) in [4.78, 5) is 42.6. The van der Waals surface area contributed by atoms with Crippen molar-refractivity contribution in [2.45, 2.75) is 38.1 Å². The van der Waals surface area contributed by atoms with Gasteiger partial charge in [0.2, 0.25) is 11.8 Å². The number of likely N-dealkylation sites (tertiary alicyclic amines) is 1. The molecule has 4 heterocycles. The van der Waals surface area contributed by atoms with Gasteiger partial charge in [-0.1, -0.05) is 0 Å². The first kappa shape index (κ1) is 20.9. The molecule has 3 unspecified atom stereocenters. The molecule has 170 valence electrons. The third kappa shape index (κ3) is 3.97. The standard InChI is InChI=1S/C23H29N5O4/c24-20(29)17-2-1-15(11-26-17)22(31)28-7-4-23(5-8-28)10-16(23)12-27-21(30)18-9-14-3-6-25-13-19(14)32-18/h3,6,9,13,15-17,26H,1-2,4-5,7-8,10-12H2,(H2,24,29)(H,27,30). The molecule has 5 rings (SSSR count). The summed E-state index contributed by atoms with van der Waals surface area (Å²) in [7, 11) is 0. The number of furan rings is 1. The molecule has 1 saturated carbocycles. The fourth-order valence-corrected chi connectivity index (χ4v) is 5.37. The molecule has 1 spiro atoms. The number of rotatable bonds is 5. The number of nitrogens with one attached hydrogen (secondary N) is 2. The molecule has 9 heteroatoms. The molecular weight excluding hydrogens is 410 g/mol. The van der Waals surface area contributed by atoms with Crippen molar-refractivity contribution < 1.29 is 18.8 Å². The minimum atomic E-state index is -0.347. The van der Waals surface area contributed by atoms with Crippen LogP contribution < -0.4 is 16.4 Å². The van der Waals surface area contributed by atoms with Crippen LogP contribution in [0.25, 0.3) is 11.0 Å². The number of pyridine rings is 1. The highest BCUT2D eigenvalue weighted by molar-refractivity contribution is 5.95. The van der Waals surface area contributed by atoms with E-state index >= 15 is 0 Å². The van der Waals surface area contributed by atoms with Crippen molar-refractivity contribution in [2.75, 3.05) is 26.2 Å². The summed E-state index contributed by atoms with van der Waals surface area (Å²) >= 11 is 0. The quantitative estimate of drug-likeness (QED) is 0.638. The van der Waals surface area contributed by atoms with E-state index in [2.05, 4.69) is 15.6 Å². The van der Waals surface area contributed by atoms with Crippen LogP contribution in [-0.2, 0) is 9.59 Å². The van der Waals surface area contributed by atoms with Crippen LogP contribution in [-0.4, -0.2) is 59.8 Å². The molecule has 0 aromatic carbocycles. The fourth-order valence-electron chi connectivity index (χ4n) is 5.37. The SMILES string of the molecule is NC(=O)C1CCC(C(=O)N2CCC3(CC2)CC3CNC(=O)c2cc3ccncc3o2)CN1. The zero-order valence-corrected chi connectivity index (χ0v) is 18.0. The van der Waals surface area contributed by atoms with Gasteiger partial charge in [0, 0.05) is 37.8 Å². The highest BCUT2D eigenvalue weighted by Crippen LogP contribution is 2.59. The van der Waals surface area contributed by atoms with E-state index in [1.54, 1.807) is 18.5 Å². The van der Waals surface area contributed by atoms with Crippen molar-refractivity contribution in [1.29, 1.82) is 0 Å². The van der Waals surface area contributed by atoms with E-state index in [4.69, 9.17) is 10.2 Å². The highest BCUT2D eigenvalue weighted by atomic mass is 16.3. The van der Waals surface area contributed by atoms with Crippen molar-refractivity contribution in [2.24, 2.45) is 23.0 Å². The topological polar surface area (TPSA) is 131 Å². The van der Waals surface area contributed by atoms with Gasteiger partial charge in [-0.15, -0.1) is 0 Å². The number of hydrogen-bond donors (Lipinski definition) is 3. The first-order valence-corrected chi connectivity index (χ1v) is 11.4. The monoisotopic (exact) mass is 439 g/mol. The number of carbonyl (C=O) groups excluding carboxylic acids is 3. The average Bonchev–Trinajstić information content (AvgIpc) is 3.28. The Balaban J connectivity index is 1.08. The molecule has 2 aliphatic heterocycles. The van der Waals surface area contributed by atoms with Crippen molar-refractivity contribution in [3.05, 3.63) is 30.3 Å². The van der Waals surface area contributed by atoms with E-state index in [0.29, 0.717) is 43.2 Å². The van der Waals surface area contributed by atoms with Crippen LogP contribution in [0.3, 0.4) is 0 Å². The predicted octanol–water partition coefficient (Wildman–Crippen LogP) is 1.04. The molecule has 0 radical (unpaired) electrons. The summed E-state index contributed by atoms with van der Waals surface area (Å²) < 4.78 is 5.59. The second-order valence-electron chi connectivity index (χ2n) is 9.46. The minimum absolute atomic E-state index is 0.0760. The Morgan fingerprint density at radius 1 is 1.28 bits per heavy atom. The number of amides is 3. The van der Waals surface area contributed by atoms with E-state index in [1.807, 2.05) is 11.0 Å². The van der Waals surface area contributed by atoms with Crippen LogP contribution in [0.4, 0.5) is 0 Å². The average molecular weight is 440 g/mol. The van der Waals surface area contributed by atoms with Gasteiger partial charge in [-0.25, -0.2) is 0 Å². The van der Waals surface area contributed by atoms with Gasteiger partial charge < -0.3 is 25.7 Å². The largest absolute Gasteiger partial charge is 0.449 e. The number of carbonyl (C=O) groups is 3. The maximum absolute atomic E-state index is 12.9. The Kier molecular flexibility index (Phi) is 5.36. The van der Waals surface area contributed by atoms with Crippen LogP contribution >= 0.6 is 0 Å². The van der Waals surface area contributed by atoms with Gasteiger partial charge in [-0.3, -0.25) is 19.4 Å². The van der Waals surface area contributed by atoms with Gasteiger partial charge in [-0.2, -0.15) is 0 Å². The van der Waals surface area contributed by atoms with Crippen molar-refractivity contribution >= 4 is 28.7 Å². The molecule has 0 bridgehead atoms. The van der Waals surface area contributed by atoms with E-state index < -0.39 is 0 Å². The number of fused-ring (bicyclic) bond motifs is 1. The van der Waals surface area contributed by atoms with E-state index in [9.17, 15) is 14.4 Å². The van der Waals surface area contributed by atoms with Crippen LogP contribution in [0, 0.1) is 17.3 Å². The normalized spacial score (nSPS) is 26.8. The number of nitrogens with zero attached hydrogens (tertiary/aromatic N) is 2. The Bertz CT molecular complexity index is 1000. The second kappa shape index (κ2) is 8.20. The minimum Gasteiger partial charge on any atom is -0.449 e. The Labute approximate surface area is 186 Å². The molecule has 3 atom stereocenters. The molecule has 3 aliphatic rings. The molecule has 9 nitrogen and oxygen atoms in total. The number of nitrogens with two attached hydrogens (primary N) is 1. The molecule has 2 aromatic rings. The fraction of sp³-hybridized carbons (Fsp3) is 0.565. The van der Waals surface area contributed by atoms with Gasteiger partial charge in [0.1, 0.15) is 0 Å². The summed E-state index contributed by atoms with van der Waals surface area (Å²) in [5.74, 6) is 0.313. The van der Waals surface area contributed by atoms with Crippen LogP contribution in [0.2, 0.25) is 0 Å². The molecule has 2 saturated heterocycles. The van der Waals surface area contributed by atoms with Crippen molar-refractivity contribution in [3.63, 3.8) is 0 Å². The Hall–Kier alpha value is -2.94. The van der Waals surface area contributed by atoms with Crippen LogP contribution in [0.5, 0.6) is 0 Å². The van der Waals surface area contributed by atoms with Crippen molar-refractivity contribution in [1.82, 2.24) is 20.5 Å². The Morgan fingerprint density at radius 2 is 2.09 bits per heavy atom. The first-order chi connectivity index (χ1) is 15.4. The molecule has 3 fully saturated rings. The molecular formula is C23H29N5O4. The molecule has 32 heavy (non-hydrogen) atoms. The zero-order valence-electron chi connectivity index (χ0n) is 18.0. The third-order valence-electron chi connectivity index (χ3n) is 7.59. The van der Waals surface area contributed by atoms with Gasteiger partial charge in [0.15, 0.2) is 11.3 Å². The number of primary amides is 1. The smallest absolute Gasteiger partial charge is 0.287 e.